The van der Waals surface area contributed by atoms with E-state index in [0.717, 1.165) is 24.6 Å². The zero-order chi connectivity index (χ0) is 15.3. The first-order chi connectivity index (χ1) is 9.99. The van der Waals surface area contributed by atoms with Gasteiger partial charge in [0.25, 0.3) is 0 Å². The molecule has 1 aromatic heterocycles. The molecule has 2 heterocycles. The molecule has 1 fully saturated rings. The molecule has 0 spiro atoms. The van der Waals surface area contributed by atoms with E-state index in [0.29, 0.717) is 6.04 Å². The number of hydrogen-bond donors (Lipinski definition) is 1. The smallest absolute Gasteiger partial charge is 0.225 e. The number of hydrogen-bond acceptors (Lipinski definition) is 4. The summed E-state index contributed by atoms with van der Waals surface area (Å²) in [5.41, 5.74) is 1.27. The van der Waals surface area contributed by atoms with E-state index >= 15 is 0 Å². The van der Waals surface area contributed by atoms with Crippen molar-refractivity contribution >= 4 is 5.95 Å². The van der Waals surface area contributed by atoms with E-state index in [4.69, 9.17) is 0 Å². The second-order valence-electron chi connectivity index (χ2n) is 7.13. The summed E-state index contributed by atoms with van der Waals surface area (Å²) in [5.74, 6) is 0.910. The first-order valence-corrected chi connectivity index (χ1v) is 8.32. The van der Waals surface area contributed by atoms with Gasteiger partial charge in [-0.25, -0.2) is 9.97 Å². The van der Waals surface area contributed by atoms with Gasteiger partial charge in [-0.15, -0.1) is 0 Å². The van der Waals surface area contributed by atoms with Crippen LogP contribution in [-0.2, 0) is 6.54 Å². The molecule has 0 amide bonds. The Bertz CT molecular complexity index is 419. The maximum atomic E-state index is 4.61. The van der Waals surface area contributed by atoms with Gasteiger partial charge in [-0.2, -0.15) is 0 Å². The fourth-order valence-electron chi connectivity index (χ4n) is 2.85. The summed E-state index contributed by atoms with van der Waals surface area (Å²) in [5, 5.41) is 3.47. The van der Waals surface area contributed by atoms with Crippen molar-refractivity contribution in [3.05, 3.63) is 18.0 Å². The molecule has 0 bridgehead atoms. The van der Waals surface area contributed by atoms with Gasteiger partial charge in [-0.05, 0) is 46.5 Å². The van der Waals surface area contributed by atoms with Crippen LogP contribution in [0.25, 0.3) is 0 Å². The van der Waals surface area contributed by atoms with Crippen molar-refractivity contribution < 1.29 is 0 Å². The fraction of sp³-hybridized carbons (Fsp3) is 0.765. The molecular formula is C17H30N4. The van der Waals surface area contributed by atoms with Crippen LogP contribution in [0.5, 0.6) is 0 Å². The number of rotatable bonds is 5. The Morgan fingerprint density at radius 3 is 2.57 bits per heavy atom. The number of aromatic nitrogens is 2. The lowest BCUT2D eigenvalue weighted by Crippen LogP contribution is -2.40. The van der Waals surface area contributed by atoms with Gasteiger partial charge in [0.2, 0.25) is 5.95 Å². The normalized spacial score (nSPS) is 19.8. The Balaban J connectivity index is 2.00. The summed E-state index contributed by atoms with van der Waals surface area (Å²) in [7, 11) is 0. The maximum absolute atomic E-state index is 4.61. The molecular weight excluding hydrogens is 260 g/mol. The van der Waals surface area contributed by atoms with Crippen LogP contribution in [0.2, 0.25) is 0 Å². The lowest BCUT2D eigenvalue weighted by Gasteiger charge is -2.35. The van der Waals surface area contributed by atoms with Gasteiger partial charge in [0.15, 0.2) is 0 Å². The van der Waals surface area contributed by atoms with Crippen LogP contribution < -0.4 is 10.2 Å². The van der Waals surface area contributed by atoms with E-state index in [9.17, 15) is 0 Å². The average Bonchev–Trinajstić information content (AvgIpc) is 2.46. The van der Waals surface area contributed by atoms with E-state index in [1.54, 1.807) is 0 Å². The third kappa shape index (κ3) is 4.95. The van der Waals surface area contributed by atoms with E-state index in [1.165, 1.54) is 32.1 Å². The minimum atomic E-state index is 0.123. The van der Waals surface area contributed by atoms with Gasteiger partial charge in [0.05, 0.1) is 0 Å². The second kappa shape index (κ2) is 7.21. The van der Waals surface area contributed by atoms with Crippen LogP contribution in [0.15, 0.2) is 12.4 Å². The third-order valence-corrected chi connectivity index (χ3v) is 4.02. The molecule has 118 valence electrons. The van der Waals surface area contributed by atoms with Crippen molar-refractivity contribution in [1.82, 2.24) is 15.3 Å². The van der Waals surface area contributed by atoms with Crippen LogP contribution >= 0.6 is 0 Å². The zero-order valence-corrected chi connectivity index (χ0v) is 14.0. The topological polar surface area (TPSA) is 41.1 Å². The quantitative estimate of drug-likeness (QED) is 0.901. The van der Waals surface area contributed by atoms with Gasteiger partial charge in [-0.3, -0.25) is 0 Å². The summed E-state index contributed by atoms with van der Waals surface area (Å²) < 4.78 is 0. The van der Waals surface area contributed by atoms with Gasteiger partial charge < -0.3 is 10.2 Å². The van der Waals surface area contributed by atoms with Crippen molar-refractivity contribution in [2.24, 2.45) is 0 Å². The van der Waals surface area contributed by atoms with E-state index in [-0.39, 0.29) is 5.54 Å². The molecule has 2 rings (SSSR count). The molecule has 0 aliphatic carbocycles. The average molecular weight is 290 g/mol. The van der Waals surface area contributed by atoms with Gasteiger partial charge in [-0.1, -0.05) is 13.3 Å². The van der Waals surface area contributed by atoms with Crippen molar-refractivity contribution in [3.63, 3.8) is 0 Å². The minimum absolute atomic E-state index is 0.123. The van der Waals surface area contributed by atoms with Crippen LogP contribution in [-0.4, -0.2) is 28.1 Å². The lowest BCUT2D eigenvalue weighted by atomic mass is 9.99. The molecule has 0 saturated carbocycles. The Hall–Kier alpha value is -1.16. The molecule has 21 heavy (non-hydrogen) atoms. The van der Waals surface area contributed by atoms with Crippen molar-refractivity contribution in [2.75, 3.05) is 11.4 Å². The Morgan fingerprint density at radius 2 is 1.95 bits per heavy atom. The molecule has 4 nitrogen and oxygen atoms in total. The van der Waals surface area contributed by atoms with Crippen molar-refractivity contribution in [1.29, 1.82) is 0 Å². The Kier molecular flexibility index (Phi) is 5.57. The molecule has 1 atom stereocenters. The fourth-order valence-corrected chi connectivity index (χ4v) is 2.85. The first-order valence-electron chi connectivity index (χ1n) is 8.32. The van der Waals surface area contributed by atoms with Gasteiger partial charge in [0.1, 0.15) is 0 Å². The van der Waals surface area contributed by atoms with Crippen molar-refractivity contribution in [3.8, 4) is 0 Å². The predicted octanol–water partition coefficient (Wildman–Crippen LogP) is 3.52. The number of nitrogens with zero attached hydrogens (tertiary/aromatic N) is 3. The monoisotopic (exact) mass is 290 g/mol. The molecule has 4 heteroatoms. The Morgan fingerprint density at radius 1 is 1.24 bits per heavy atom. The van der Waals surface area contributed by atoms with Crippen LogP contribution in [0, 0.1) is 0 Å². The summed E-state index contributed by atoms with van der Waals surface area (Å²) in [6.45, 7) is 10.7. The maximum Gasteiger partial charge on any atom is 0.225 e. The summed E-state index contributed by atoms with van der Waals surface area (Å²) in [4.78, 5) is 11.6. The summed E-state index contributed by atoms with van der Waals surface area (Å²) in [6, 6.07) is 0.627. The molecule has 1 saturated heterocycles. The molecule has 1 aliphatic heterocycles. The van der Waals surface area contributed by atoms with Crippen LogP contribution in [0.4, 0.5) is 5.95 Å². The molecule has 1 aliphatic rings. The highest BCUT2D eigenvalue weighted by Gasteiger charge is 2.23. The van der Waals surface area contributed by atoms with Crippen LogP contribution in [0.3, 0.4) is 0 Å². The number of anilines is 1. The van der Waals surface area contributed by atoms with Crippen molar-refractivity contribution in [2.45, 2.75) is 77.9 Å². The highest BCUT2D eigenvalue weighted by Crippen LogP contribution is 2.24. The Labute approximate surface area is 129 Å². The van der Waals surface area contributed by atoms with Crippen LogP contribution in [0.1, 0.15) is 65.4 Å². The van der Waals surface area contributed by atoms with E-state index < -0.39 is 0 Å². The minimum Gasteiger partial charge on any atom is -0.338 e. The number of piperidine rings is 1. The standard InChI is InChI=1S/C17H30N4/c1-5-8-15-9-6-7-10-21(15)16-18-11-14(12-19-16)13-20-17(2,3)4/h11-12,15,20H,5-10,13H2,1-4H3. The molecule has 1 unspecified atom stereocenters. The molecule has 0 aromatic carbocycles. The third-order valence-electron chi connectivity index (χ3n) is 4.02. The highest BCUT2D eigenvalue weighted by atomic mass is 15.3. The highest BCUT2D eigenvalue weighted by molar-refractivity contribution is 5.32. The first kappa shape index (κ1) is 16.2. The summed E-state index contributed by atoms with van der Waals surface area (Å²) >= 11 is 0. The molecule has 1 aromatic rings. The largest absolute Gasteiger partial charge is 0.338 e. The SMILES string of the molecule is CCCC1CCCCN1c1ncc(CNC(C)(C)C)cn1. The molecule has 0 radical (unpaired) electrons. The van der Waals surface area contributed by atoms with Gasteiger partial charge in [0, 0.05) is 42.6 Å². The molecule has 1 N–H and O–H groups in total. The second-order valence-corrected chi connectivity index (χ2v) is 7.13. The predicted molar refractivity (Wildman–Crippen MR) is 88.5 cm³/mol. The summed E-state index contributed by atoms with van der Waals surface area (Å²) in [6.07, 6.45) is 10.3. The van der Waals surface area contributed by atoms with E-state index in [2.05, 4.69) is 47.9 Å². The lowest BCUT2D eigenvalue weighted by molar-refractivity contribution is 0.421. The number of nitrogens with one attached hydrogen (secondary N) is 1. The van der Waals surface area contributed by atoms with Gasteiger partial charge >= 0.3 is 0 Å². The zero-order valence-electron chi connectivity index (χ0n) is 14.0. The van der Waals surface area contributed by atoms with E-state index in [1.807, 2.05) is 12.4 Å².